The molecule has 6 nitrogen and oxygen atoms in total. The Labute approximate surface area is 115 Å². The average Bonchev–Trinajstić information content (AvgIpc) is 2.44. The molecule has 2 aromatic carbocycles. The summed E-state index contributed by atoms with van der Waals surface area (Å²) in [7, 11) is 0. The highest BCUT2D eigenvalue weighted by atomic mass is 16.6. The molecule has 5 N–H and O–H groups in total. The largest absolute Gasteiger partial charge is 0.508 e. The lowest BCUT2D eigenvalue weighted by Crippen LogP contribution is -2.26. The third kappa shape index (κ3) is 3.11. The van der Waals surface area contributed by atoms with E-state index in [0.717, 1.165) is 0 Å². The Morgan fingerprint density at radius 2 is 1.75 bits per heavy atom. The van der Waals surface area contributed by atoms with E-state index in [1.807, 2.05) is 0 Å². The van der Waals surface area contributed by atoms with Crippen molar-refractivity contribution >= 4 is 11.8 Å². The van der Waals surface area contributed by atoms with Gasteiger partial charge >= 0.3 is 6.09 Å². The van der Waals surface area contributed by atoms with Crippen LogP contribution in [0.3, 0.4) is 0 Å². The highest BCUT2D eigenvalue weighted by Gasteiger charge is 2.12. The summed E-state index contributed by atoms with van der Waals surface area (Å²) in [5, 5.41) is 21.5. The first-order chi connectivity index (χ1) is 9.58. The van der Waals surface area contributed by atoms with Crippen molar-refractivity contribution in [3.63, 3.8) is 0 Å². The zero-order chi connectivity index (χ0) is 14.5. The maximum absolute atomic E-state index is 11.6. The summed E-state index contributed by atoms with van der Waals surface area (Å²) >= 11 is 0. The van der Waals surface area contributed by atoms with E-state index >= 15 is 0 Å². The van der Waals surface area contributed by atoms with Crippen LogP contribution in [-0.4, -0.2) is 16.3 Å². The lowest BCUT2D eigenvalue weighted by atomic mass is 10.1. The number of para-hydroxylation sites is 1. The normalized spacial score (nSPS) is 10.0. The van der Waals surface area contributed by atoms with Gasteiger partial charge in [-0.3, -0.25) is 0 Å². The zero-order valence-electron chi connectivity index (χ0n) is 10.5. The molecular formula is C14H14N2O4. The molecule has 0 aliphatic rings. The van der Waals surface area contributed by atoms with Crippen LogP contribution in [0.2, 0.25) is 0 Å². The fourth-order valence-corrected chi connectivity index (χ4v) is 1.62. The molecule has 0 saturated heterocycles. The standard InChI is InChI=1S/C14H14N2O4/c15-13-10(11(17)6-7-12(13)18)8-16-14(19)20-9-4-2-1-3-5-9/h1-7,17-18H,8,15H2,(H,16,19). The first-order valence-electron chi connectivity index (χ1n) is 5.88. The average molecular weight is 274 g/mol. The molecule has 20 heavy (non-hydrogen) atoms. The number of benzene rings is 2. The zero-order valence-corrected chi connectivity index (χ0v) is 10.5. The van der Waals surface area contributed by atoms with Gasteiger partial charge in [0.2, 0.25) is 0 Å². The molecule has 0 aromatic heterocycles. The van der Waals surface area contributed by atoms with Crippen molar-refractivity contribution in [2.75, 3.05) is 5.73 Å². The van der Waals surface area contributed by atoms with E-state index in [-0.39, 0.29) is 29.3 Å². The van der Waals surface area contributed by atoms with Crippen molar-refractivity contribution in [3.05, 3.63) is 48.0 Å². The van der Waals surface area contributed by atoms with Gasteiger partial charge in [0.15, 0.2) is 0 Å². The molecule has 0 fully saturated rings. The molecule has 0 unspecified atom stereocenters. The Balaban J connectivity index is 1.99. The van der Waals surface area contributed by atoms with Crippen LogP contribution in [0.1, 0.15) is 5.56 Å². The minimum absolute atomic E-state index is 0.0185. The van der Waals surface area contributed by atoms with Crippen LogP contribution in [0.4, 0.5) is 10.5 Å². The van der Waals surface area contributed by atoms with E-state index in [4.69, 9.17) is 10.5 Å². The van der Waals surface area contributed by atoms with Gasteiger partial charge in [-0.05, 0) is 24.3 Å². The van der Waals surface area contributed by atoms with Crippen LogP contribution in [0.25, 0.3) is 0 Å². The second kappa shape index (κ2) is 5.83. The lowest BCUT2D eigenvalue weighted by molar-refractivity contribution is 0.200. The smallest absolute Gasteiger partial charge is 0.412 e. The summed E-state index contributed by atoms with van der Waals surface area (Å²) in [6, 6.07) is 11.1. The number of aromatic hydroxyl groups is 2. The number of nitrogens with one attached hydrogen (secondary N) is 1. The molecule has 0 saturated carbocycles. The Hall–Kier alpha value is -2.89. The van der Waals surface area contributed by atoms with Crippen LogP contribution in [-0.2, 0) is 6.54 Å². The number of amides is 1. The number of ether oxygens (including phenoxy) is 1. The quantitative estimate of drug-likeness (QED) is 0.389. The van der Waals surface area contributed by atoms with Gasteiger partial charge in [-0.2, -0.15) is 0 Å². The molecule has 0 bridgehead atoms. The maximum atomic E-state index is 11.6. The summed E-state index contributed by atoms with van der Waals surface area (Å²) in [4.78, 5) is 11.6. The molecule has 104 valence electrons. The third-order valence-corrected chi connectivity index (χ3v) is 2.67. The Kier molecular flexibility index (Phi) is 3.95. The highest BCUT2D eigenvalue weighted by molar-refractivity contribution is 5.71. The SMILES string of the molecule is Nc1c(O)ccc(O)c1CNC(=O)Oc1ccccc1. The molecule has 2 rings (SSSR count). The number of hydrogen-bond donors (Lipinski definition) is 4. The summed E-state index contributed by atoms with van der Waals surface area (Å²) < 4.78 is 5.01. The molecule has 1 amide bonds. The maximum Gasteiger partial charge on any atom is 0.412 e. The molecule has 6 heteroatoms. The van der Waals surface area contributed by atoms with E-state index in [0.29, 0.717) is 5.75 Å². The second-order valence-corrected chi connectivity index (χ2v) is 4.05. The van der Waals surface area contributed by atoms with Gasteiger partial charge in [-0.1, -0.05) is 18.2 Å². The highest BCUT2D eigenvalue weighted by Crippen LogP contribution is 2.30. The van der Waals surface area contributed by atoms with Crippen molar-refractivity contribution in [1.29, 1.82) is 0 Å². The lowest BCUT2D eigenvalue weighted by Gasteiger charge is -2.11. The van der Waals surface area contributed by atoms with E-state index in [1.54, 1.807) is 30.3 Å². The Bertz CT molecular complexity index is 614. The van der Waals surface area contributed by atoms with Gasteiger partial charge < -0.3 is 26.0 Å². The number of rotatable bonds is 3. The monoisotopic (exact) mass is 274 g/mol. The van der Waals surface area contributed by atoms with E-state index in [1.165, 1.54) is 12.1 Å². The van der Waals surface area contributed by atoms with E-state index < -0.39 is 6.09 Å². The fraction of sp³-hybridized carbons (Fsp3) is 0.0714. The molecule has 0 aliphatic heterocycles. The number of nitrogens with two attached hydrogens (primary N) is 1. The van der Waals surface area contributed by atoms with Gasteiger partial charge in [0.05, 0.1) is 12.2 Å². The van der Waals surface area contributed by atoms with Crippen molar-refractivity contribution < 1.29 is 19.7 Å². The van der Waals surface area contributed by atoms with Gasteiger partial charge in [0.1, 0.15) is 17.2 Å². The van der Waals surface area contributed by atoms with E-state index in [2.05, 4.69) is 5.32 Å². The molecule has 0 aliphatic carbocycles. The van der Waals surface area contributed by atoms with Crippen LogP contribution >= 0.6 is 0 Å². The number of phenols is 2. The van der Waals surface area contributed by atoms with Gasteiger partial charge in [-0.25, -0.2) is 4.79 Å². The van der Waals surface area contributed by atoms with Crippen LogP contribution in [0.15, 0.2) is 42.5 Å². The molecule has 0 heterocycles. The predicted octanol–water partition coefficient (Wildman–Crippen LogP) is 1.97. The number of carbonyl (C=O) groups is 1. The molecule has 0 radical (unpaired) electrons. The van der Waals surface area contributed by atoms with Crippen LogP contribution in [0.5, 0.6) is 17.2 Å². The fourth-order valence-electron chi connectivity index (χ4n) is 1.62. The van der Waals surface area contributed by atoms with Crippen LogP contribution < -0.4 is 15.8 Å². The summed E-state index contributed by atoms with van der Waals surface area (Å²) in [5.74, 6) is 0.134. The van der Waals surface area contributed by atoms with Crippen molar-refractivity contribution in [2.24, 2.45) is 0 Å². The predicted molar refractivity (Wildman–Crippen MR) is 73.5 cm³/mol. The Morgan fingerprint density at radius 1 is 1.10 bits per heavy atom. The van der Waals surface area contributed by atoms with Gasteiger partial charge in [0, 0.05) is 5.56 Å². The minimum Gasteiger partial charge on any atom is -0.508 e. The molecule has 0 atom stereocenters. The second-order valence-electron chi connectivity index (χ2n) is 4.05. The first-order valence-corrected chi connectivity index (χ1v) is 5.88. The number of carbonyl (C=O) groups excluding carboxylic acids is 1. The number of hydrogen-bond acceptors (Lipinski definition) is 5. The molecule has 0 spiro atoms. The third-order valence-electron chi connectivity index (χ3n) is 2.67. The molecule has 2 aromatic rings. The van der Waals surface area contributed by atoms with Crippen molar-refractivity contribution in [2.45, 2.75) is 6.54 Å². The van der Waals surface area contributed by atoms with Gasteiger partial charge in [-0.15, -0.1) is 0 Å². The molecular weight excluding hydrogens is 260 g/mol. The van der Waals surface area contributed by atoms with Gasteiger partial charge in [0.25, 0.3) is 0 Å². The summed E-state index contributed by atoms with van der Waals surface area (Å²) in [5.41, 5.74) is 5.87. The van der Waals surface area contributed by atoms with Crippen molar-refractivity contribution in [3.8, 4) is 17.2 Å². The number of nitrogen functional groups attached to an aromatic ring is 1. The summed E-state index contributed by atoms with van der Waals surface area (Å²) in [6.45, 7) is -0.0578. The Morgan fingerprint density at radius 3 is 2.45 bits per heavy atom. The van der Waals surface area contributed by atoms with E-state index in [9.17, 15) is 15.0 Å². The minimum atomic E-state index is -0.682. The van der Waals surface area contributed by atoms with Crippen LogP contribution in [0, 0.1) is 0 Å². The van der Waals surface area contributed by atoms with Crippen molar-refractivity contribution in [1.82, 2.24) is 5.32 Å². The number of anilines is 1. The summed E-state index contributed by atoms with van der Waals surface area (Å²) in [6.07, 6.45) is -0.682. The first kappa shape index (κ1) is 13.5. The topological polar surface area (TPSA) is 105 Å². The number of phenolic OH excluding ortho intramolecular Hbond substituents is 2.